The first kappa shape index (κ1) is 13.9. The summed E-state index contributed by atoms with van der Waals surface area (Å²) in [4.78, 5) is 11.8. The molecule has 0 radical (unpaired) electrons. The minimum Gasteiger partial charge on any atom is -0.465 e. The number of anilines is 1. The highest BCUT2D eigenvalue weighted by atomic mass is 127. The van der Waals surface area contributed by atoms with E-state index in [-0.39, 0.29) is 5.91 Å². The van der Waals surface area contributed by atoms with Crippen LogP contribution >= 0.6 is 22.6 Å². The highest BCUT2D eigenvalue weighted by molar-refractivity contribution is 14.1. The normalized spacial score (nSPS) is 10.9. The van der Waals surface area contributed by atoms with Crippen molar-refractivity contribution >= 4 is 40.3 Å². The molecule has 0 bridgehead atoms. The maximum absolute atomic E-state index is 11.8. The molecule has 1 amide bonds. The topological polar surface area (TPSA) is 42.2 Å². The van der Waals surface area contributed by atoms with E-state index in [4.69, 9.17) is 4.42 Å². The lowest BCUT2D eigenvalue weighted by Gasteiger charge is -2.09. The molecule has 0 saturated carbocycles. The van der Waals surface area contributed by atoms with Crippen molar-refractivity contribution in [3.63, 3.8) is 0 Å². The Kier molecular flexibility index (Phi) is 4.42. The SMILES string of the molecule is Cc1cc(NC(=O)C=Cc2ccco2)c(C)cc1I. The molecule has 2 rings (SSSR count). The van der Waals surface area contributed by atoms with Crippen LogP contribution in [0.4, 0.5) is 5.69 Å². The predicted molar refractivity (Wildman–Crippen MR) is 85.0 cm³/mol. The lowest BCUT2D eigenvalue weighted by Crippen LogP contribution is -2.09. The third-order valence-electron chi connectivity index (χ3n) is 2.71. The van der Waals surface area contributed by atoms with Crippen LogP contribution in [0.3, 0.4) is 0 Å². The van der Waals surface area contributed by atoms with Gasteiger partial charge in [0.1, 0.15) is 5.76 Å². The Balaban J connectivity index is 2.09. The van der Waals surface area contributed by atoms with Crippen LogP contribution in [-0.2, 0) is 4.79 Å². The van der Waals surface area contributed by atoms with Gasteiger partial charge >= 0.3 is 0 Å². The summed E-state index contributed by atoms with van der Waals surface area (Å²) in [5.41, 5.74) is 3.04. The molecule has 98 valence electrons. The van der Waals surface area contributed by atoms with Crippen molar-refractivity contribution in [3.8, 4) is 0 Å². The molecule has 0 aliphatic rings. The fourth-order valence-electron chi connectivity index (χ4n) is 1.63. The molecular weight excluding hydrogens is 353 g/mol. The molecule has 2 aromatic rings. The maximum atomic E-state index is 11.8. The van der Waals surface area contributed by atoms with Gasteiger partial charge in [-0.1, -0.05) is 0 Å². The molecule has 0 atom stereocenters. The van der Waals surface area contributed by atoms with Gasteiger partial charge < -0.3 is 9.73 Å². The molecule has 0 fully saturated rings. The van der Waals surface area contributed by atoms with Gasteiger partial charge in [-0.3, -0.25) is 4.79 Å². The first-order chi connectivity index (χ1) is 9.06. The van der Waals surface area contributed by atoms with Gasteiger partial charge in [-0.2, -0.15) is 0 Å². The quantitative estimate of drug-likeness (QED) is 0.654. The second-order valence-corrected chi connectivity index (χ2v) is 5.42. The van der Waals surface area contributed by atoms with Crippen LogP contribution in [0.2, 0.25) is 0 Å². The number of furan rings is 1. The molecule has 4 heteroatoms. The second-order valence-electron chi connectivity index (χ2n) is 4.25. The van der Waals surface area contributed by atoms with Crippen molar-refractivity contribution in [3.05, 3.63) is 57.1 Å². The minimum absolute atomic E-state index is 0.167. The van der Waals surface area contributed by atoms with E-state index in [2.05, 4.69) is 34.0 Å². The molecular formula is C15H14INO2. The Hall–Kier alpha value is -1.56. The number of aryl methyl sites for hydroxylation is 2. The van der Waals surface area contributed by atoms with Crippen LogP contribution in [0.5, 0.6) is 0 Å². The van der Waals surface area contributed by atoms with E-state index in [0.29, 0.717) is 5.76 Å². The summed E-state index contributed by atoms with van der Waals surface area (Å²) in [6, 6.07) is 7.62. The molecule has 0 unspecified atom stereocenters. The van der Waals surface area contributed by atoms with Crippen molar-refractivity contribution in [1.29, 1.82) is 0 Å². The van der Waals surface area contributed by atoms with Gasteiger partial charge in [-0.25, -0.2) is 0 Å². The summed E-state index contributed by atoms with van der Waals surface area (Å²) >= 11 is 2.28. The monoisotopic (exact) mass is 367 g/mol. The Morgan fingerprint density at radius 1 is 1.32 bits per heavy atom. The number of rotatable bonds is 3. The Bertz CT molecular complexity index is 615. The average Bonchev–Trinajstić information content (AvgIpc) is 2.86. The number of carbonyl (C=O) groups excluding carboxylic acids is 1. The van der Waals surface area contributed by atoms with Gasteiger partial charge in [0, 0.05) is 15.3 Å². The zero-order chi connectivity index (χ0) is 13.8. The van der Waals surface area contributed by atoms with Gasteiger partial charge in [0.15, 0.2) is 0 Å². The molecule has 1 heterocycles. The molecule has 1 N–H and O–H groups in total. The van der Waals surface area contributed by atoms with Crippen LogP contribution in [0.15, 0.2) is 41.0 Å². The van der Waals surface area contributed by atoms with Crippen molar-refractivity contribution in [2.75, 3.05) is 5.32 Å². The van der Waals surface area contributed by atoms with Crippen LogP contribution < -0.4 is 5.32 Å². The number of benzene rings is 1. The van der Waals surface area contributed by atoms with Crippen LogP contribution in [-0.4, -0.2) is 5.91 Å². The lowest BCUT2D eigenvalue weighted by atomic mass is 10.1. The number of nitrogens with one attached hydrogen (secondary N) is 1. The summed E-state index contributed by atoms with van der Waals surface area (Å²) in [6.45, 7) is 4.00. The fourth-order valence-corrected chi connectivity index (χ4v) is 2.26. The highest BCUT2D eigenvalue weighted by Gasteiger charge is 2.05. The molecule has 3 nitrogen and oxygen atoms in total. The molecule has 1 aromatic heterocycles. The molecule has 0 spiro atoms. The van der Waals surface area contributed by atoms with Crippen LogP contribution in [0.1, 0.15) is 16.9 Å². The third-order valence-corrected chi connectivity index (χ3v) is 3.87. The first-order valence-corrected chi connectivity index (χ1v) is 6.93. The Morgan fingerprint density at radius 2 is 2.11 bits per heavy atom. The van der Waals surface area contributed by atoms with Crippen molar-refractivity contribution in [2.24, 2.45) is 0 Å². The molecule has 19 heavy (non-hydrogen) atoms. The molecule has 0 aliphatic carbocycles. The zero-order valence-electron chi connectivity index (χ0n) is 10.7. The predicted octanol–water partition coefficient (Wildman–Crippen LogP) is 4.15. The summed E-state index contributed by atoms with van der Waals surface area (Å²) in [6.07, 6.45) is 4.68. The number of amides is 1. The lowest BCUT2D eigenvalue weighted by molar-refractivity contribution is -0.111. The Morgan fingerprint density at radius 3 is 2.79 bits per heavy atom. The smallest absolute Gasteiger partial charge is 0.248 e. The van der Waals surface area contributed by atoms with E-state index in [0.717, 1.165) is 16.8 Å². The maximum Gasteiger partial charge on any atom is 0.248 e. The fraction of sp³-hybridized carbons (Fsp3) is 0.133. The Labute approximate surface area is 125 Å². The zero-order valence-corrected chi connectivity index (χ0v) is 12.9. The van der Waals surface area contributed by atoms with Gasteiger partial charge in [0.05, 0.1) is 6.26 Å². The summed E-state index contributed by atoms with van der Waals surface area (Å²) in [5, 5.41) is 2.87. The first-order valence-electron chi connectivity index (χ1n) is 5.85. The molecule has 0 aliphatic heterocycles. The van der Waals surface area contributed by atoms with E-state index in [1.165, 1.54) is 9.65 Å². The van der Waals surface area contributed by atoms with Crippen molar-refractivity contribution < 1.29 is 9.21 Å². The molecule has 0 saturated heterocycles. The minimum atomic E-state index is -0.167. The van der Waals surface area contributed by atoms with Gasteiger partial charge in [0.25, 0.3) is 0 Å². The van der Waals surface area contributed by atoms with E-state index in [1.54, 1.807) is 24.5 Å². The number of carbonyl (C=O) groups is 1. The van der Waals surface area contributed by atoms with Gasteiger partial charge in [-0.05, 0) is 77.9 Å². The number of hydrogen-bond donors (Lipinski definition) is 1. The van der Waals surface area contributed by atoms with E-state index in [1.807, 2.05) is 19.9 Å². The van der Waals surface area contributed by atoms with Gasteiger partial charge in [0.2, 0.25) is 5.91 Å². The summed E-state index contributed by atoms with van der Waals surface area (Å²) in [7, 11) is 0. The van der Waals surface area contributed by atoms with Crippen molar-refractivity contribution in [1.82, 2.24) is 0 Å². The van der Waals surface area contributed by atoms with Gasteiger partial charge in [-0.15, -0.1) is 0 Å². The molecule has 1 aromatic carbocycles. The standard InChI is InChI=1S/C15H14INO2/c1-10-9-14(11(2)8-13(10)16)17-15(18)6-5-12-4-3-7-19-12/h3-9H,1-2H3,(H,17,18). The van der Waals surface area contributed by atoms with E-state index < -0.39 is 0 Å². The number of halogens is 1. The average molecular weight is 367 g/mol. The second kappa shape index (κ2) is 6.06. The van der Waals surface area contributed by atoms with Crippen LogP contribution in [0, 0.1) is 17.4 Å². The number of hydrogen-bond acceptors (Lipinski definition) is 2. The summed E-state index contributed by atoms with van der Waals surface area (Å²) < 4.78 is 6.32. The largest absolute Gasteiger partial charge is 0.465 e. The van der Waals surface area contributed by atoms with Crippen LogP contribution in [0.25, 0.3) is 6.08 Å². The summed E-state index contributed by atoms with van der Waals surface area (Å²) in [5.74, 6) is 0.491. The van der Waals surface area contributed by atoms with Crippen molar-refractivity contribution in [2.45, 2.75) is 13.8 Å². The third kappa shape index (κ3) is 3.70. The van der Waals surface area contributed by atoms with E-state index in [9.17, 15) is 4.79 Å². The van der Waals surface area contributed by atoms with E-state index >= 15 is 0 Å². The highest BCUT2D eigenvalue weighted by Crippen LogP contribution is 2.21.